The van der Waals surface area contributed by atoms with Gasteiger partial charge in [-0.3, -0.25) is 0 Å². The molecule has 1 radical (unpaired) electrons. The minimum atomic E-state index is 0.427. The quantitative estimate of drug-likeness (QED) is 0.719. The van der Waals surface area contributed by atoms with E-state index in [0.29, 0.717) is 5.41 Å². The van der Waals surface area contributed by atoms with Gasteiger partial charge in [0.05, 0.1) is 0 Å². The summed E-state index contributed by atoms with van der Waals surface area (Å²) in [5, 5.41) is 0. The first-order valence-corrected chi connectivity index (χ1v) is 5.90. The van der Waals surface area contributed by atoms with Crippen LogP contribution >= 0.6 is 0 Å². The van der Waals surface area contributed by atoms with E-state index in [4.69, 9.17) is 0 Å². The second-order valence-corrected chi connectivity index (χ2v) is 4.73. The average molecular weight is 207 g/mol. The summed E-state index contributed by atoms with van der Waals surface area (Å²) in [6.45, 7) is 0. The van der Waals surface area contributed by atoms with E-state index in [1.165, 1.54) is 30.4 Å². The van der Waals surface area contributed by atoms with Crippen LogP contribution in [0.25, 0.3) is 0 Å². The van der Waals surface area contributed by atoms with Crippen LogP contribution in [-0.2, 0) is 11.8 Å². The first-order valence-electron chi connectivity index (χ1n) is 5.90. The Kier molecular flexibility index (Phi) is 2.28. The van der Waals surface area contributed by atoms with Crippen LogP contribution in [-0.4, -0.2) is 0 Å². The largest absolute Gasteiger partial charge is 0.0622 e. The van der Waals surface area contributed by atoms with Crippen LogP contribution < -0.4 is 0 Å². The van der Waals surface area contributed by atoms with Gasteiger partial charge in [0.2, 0.25) is 0 Å². The predicted molar refractivity (Wildman–Crippen MR) is 66.3 cm³/mol. The Morgan fingerprint density at radius 1 is 0.938 bits per heavy atom. The lowest BCUT2D eigenvalue weighted by molar-refractivity contribution is 0.688. The Labute approximate surface area is 96.9 Å². The van der Waals surface area contributed by atoms with Crippen molar-refractivity contribution in [3.8, 4) is 0 Å². The summed E-state index contributed by atoms with van der Waals surface area (Å²) in [7, 11) is 0. The zero-order chi connectivity index (χ0) is 10.8. The smallest absolute Gasteiger partial charge is 0.000600 e. The van der Waals surface area contributed by atoms with Crippen molar-refractivity contribution in [3.05, 3.63) is 71.8 Å². The molecule has 0 heterocycles. The van der Waals surface area contributed by atoms with E-state index >= 15 is 0 Å². The van der Waals surface area contributed by atoms with Crippen molar-refractivity contribution in [2.75, 3.05) is 0 Å². The predicted octanol–water partition coefficient (Wildman–Crippen LogP) is 3.76. The molecule has 0 nitrogen and oxygen atoms in total. The van der Waals surface area contributed by atoms with Crippen LogP contribution in [0.15, 0.2) is 54.6 Å². The van der Waals surface area contributed by atoms with E-state index in [2.05, 4.69) is 48.5 Å². The van der Waals surface area contributed by atoms with Crippen molar-refractivity contribution in [2.45, 2.75) is 24.7 Å². The molecule has 79 valence electrons. The van der Waals surface area contributed by atoms with E-state index in [0.717, 1.165) is 0 Å². The first kappa shape index (κ1) is 9.65. The van der Waals surface area contributed by atoms with Crippen molar-refractivity contribution < 1.29 is 0 Å². The number of hydrogen-bond donors (Lipinski definition) is 0. The molecule has 1 fully saturated rings. The molecule has 0 aromatic heterocycles. The molecule has 0 amide bonds. The normalized spacial score (nSPS) is 17.0. The van der Waals surface area contributed by atoms with Crippen molar-refractivity contribution in [3.63, 3.8) is 0 Å². The third-order valence-corrected chi connectivity index (χ3v) is 3.57. The summed E-state index contributed by atoms with van der Waals surface area (Å²) in [5.74, 6) is 0. The second kappa shape index (κ2) is 3.79. The van der Waals surface area contributed by atoms with Crippen LogP contribution in [0.2, 0.25) is 0 Å². The summed E-state index contributed by atoms with van der Waals surface area (Å²) >= 11 is 0. The molecule has 2 aromatic rings. The fourth-order valence-electron chi connectivity index (χ4n) is 2.45. The van der Waals surface area contributed by atoms with E-state index in [1.807, 2.05) is 12.1 Å². The van der Waals surface area contributed by atoms with E-state index < -0.39 is 0 Å². The topological polar surface area (TPSA) is 0 Å². The molecule has 0 spiro atoms. The molecule has 2 aromatic carbocycles. The van der Waals surface area contributed by atoms with Crippen molar-refractivity contribution >= 4 is 0 Å². The molecule has 0 N–H and O–H groups in total. The Hall–Kier alpha value is -1.56. The van der Waals surface area contributed by atoms with Gasteiger partial charge in [0.15, 0.2) is 0 Å². The van der Waals surface area contributed by atoms with Gasteiger partial charge in [-0.25, -0.2) is 0 Å². The van der Waals surface area contributed by atoms with E-state index in [1.54, 1.807) is 0 Å². The summed E-state index contributed by atoms with van der Waals surface area (Å²) in [6.07, 6.45) is 3.83. The van der Waals surface area contributed by atoms with Gasteiger partial charge in [0, 0.05) is 0 Å². The molecule has 0 bridgehead atoms. The molecule has 1 saturated carbocycles. The van der Waals surface area contributed by atoms with E-state index in [-0.39, 0.29) is 0 Å². The number of hydrogen-bond acceptors (Lipinski definition) is 0. The first-order chi connectivity index (χ1) is 7.89. The Balaban J connectivity index is 1.86. The molecule has 1 aliphatic carbocycles. The molecule has 0 unspecified atom stereocenters. The summed E-state index contributed by atoms with van der Waals surface area (Å²) in [6, 6.07) is 22.4. The molecule has 0 atom stereocenters. The van der Waals surface area contributed by atoms with Gasteiger partial charge in [-0.1, -0.05) is 54.6 Å². The SMILES string of the molecule is [c]1ccc(C2(Cc3ccccc3)CC2)cc1. The van der Waals surface area contributed by atoms with Crippen LogP contribution in [0.5, 0.6) is 0 Å². The van der Waals surface area contributed by atoms with Crippen molar-refractivity contribution in [1.82, 2.24) is 0 Å². The third-order valence-electron chi connectivity index (χ3n) is 3.57. The maximum atomic E-state index is 3.10. The van der Waals surface area contributed by atoms with Gasteiger partial charge in [-0.05, 0) is 41.9 Å². The molecule has 1 aliphatic rings. The van der Waals surface area contributed by atoms with Crippen LogP contribution in [0.3, 0.4) is 0 Å². The lowest BCUT2D eigenvalue weighted by Crippen LogP contribution is -2.10. The maximum Gasteiger partial charge on any atom is -0.000600 e. The lowest BCUT2D eigenvalue weighted by atomic mass is 9.89. The highest BCUT2D eigenvalue weighted by molar-refractivity contribution is 5.34. The zero-order valence-corrected chi connectivity index (χ0v) is 9.32. The minimum absolute atomic E-state index is 0.427. The summed E-state index contributed by atoms with van der Waals surface area (Å²) in [5.41, 5.74) is 3.36. The molecule has 0 heteroatoms. The van der Waals surface area contributed by atoms with Crippen LogP contribution in [0, 0.1) is 6.07 Å². The lowest BCUT2D eigenvalue weighted by Gasteiger charge is -2.15. The minimum Gasteiger partial charge on any atom is -0.0622 e. The Morgan fingerprint density at radius 3 is 2.25 bits per heavy atom. The standard InChI is InChI=1S/C16H15/c1-3-7-14(8-4-1)13-16(11-12-16)15-9-5-2-6-10-15/h1,3-10H,11-13H2. The summed E-state index contributed by atoms with van der Waals surface area (Å²) in [4.78, 5) is 0. The van der Waals surface area contributed by atoms with Gasteiger partial charge >= 0.3 is 0 Å². The average Bonchev–Trinajstić information content (AvgIpc) is 3.13. The van der Waals surface area contributed by atoms with Gasteiger partial charge in [0.1, 0.15) is 0 Å². The maximum absolute atomic E-state index is 3.10. The van der Waals surface area contributed by atoms with E-state index in [9.17, 15) is 0 Å². The van der Waals surface area contributed by atoms with Gasteiger partial charge in [0.25, 0.3) is 0 Å². The third kappa shape index (κ3) is 1.76. The fourth-order valence-corrected chi connectivity index (χ4v) is 2.45. The van der Waals surface area contributed by atoms with Crippen LogP contribution in [0.1, 0.15) is 24.0 Å². The molecule has 0 saturated heterocycles. The monoisotopic (exact) mass is 207 g/mol. The number of benzene rings is 2. The van der Waals surface area contributed by atoms with Crippen molar-refractivity contribution in [1.29, 1.82) is 0 Å². The molecular formula is C16H15. The number of rotatable bonds is 3. The van der Waals surface area contributed by atoms with Gasteiger partial charge < -0.3 is 0 Å². The van der Waals surface area contributed by atoms with Gasteiger partial charge in [-0.15, -0.1) is 0 Å². The Morgan fingerprint density at radius 2 is 1.62 bits per heavy atom. The Bertz CT molecular complexity index is 452. The molecule has 0 aliphatic heterocycles. The van der Waals surface area contributed by atoms with Gasteiger partial charge in [-0.2, -0.15) is 0 Å². The molecule has 16 heavy (non-hydrogen) atoms. The molecular weight excluding hydrogens is 192 g/mol. The van der Waals surface area contributed by atoms with Crippen molar-refractivity contribution in [2.24, 2.45) is 0 Å². The highest BCUT2D eigenvalue weighted by Gasteiger charge is 2.43. The highest BCUT2D eigenvalue weighted by Crippen LogP contribution is 2.50. The fraction of sp³-hybridized carbons (Fsp3) is 0.250. The summed E-state index contributed by atoms with van der Waals surface area (Å²) < 4.78 is 0. The molecule has 3 rings (SSSR count). The highest BCUT2D eigenvalue weighted by atomic mass is 14.5. The zero-order valence-electron chi connectivity index (χ0n) is 9.32. The second-order valence-electron chi connectivity index (χ2n) is 4.73. The van der Waals surface area contributed by atoms with Crippen LogP contribution in [0.4, 0.5) is 0 Å².